The molecule has 0 rings (SSSR count). The molecular formula is C15H26O5. The van der Waals surface area contributed by atoms with Crippen molar-refractivity contribution in [3.63, 3.8) is 0 Å². The zero-order chi connectivity index (χ0) is 14.9. The average Bonchev–Trinajstić information content (AvgIpc) is 2.45. The van der Waals surface area contributed by atoms with Crippen molar-refractivity contribution in [3.05, 3.63) is 12.2 Å². The maximum Gasteiger partial charge on any atom is 0.108 e. The molecule has 0 atom stereocenters. The van der Waals surface area contributed by atoms with Crippen molar-refractivity contribution in [3.8, 4) is 11.8 Å². The van der Waals surface area contributed by atoms with Gasteiger partial charge in [-0.05, 0) is 6.92 Å². The second-order valence-corrected chi connectivity index (χ2v) is 3.81. The van der Waals surface area contributed by atoms with Crippen LogP contribution in [0.4, 0.5) is 0 Å². The Hall–Kier alpha value is -0.900. The minimum absolute atomic E-state index is 0.378. The van der Waals surface area contributed by atoms with Gasteiger partial charge in [0.05, 0.1) is 46.2 Å². The molecule has 5 heteroatoms. The van der Waals surface area contributed by atoms with E-state index in [0.29, 0.717) is 59.5 Å². The topological polar surface area (TPSA) is 46.2 Å². The third-order valence-corrected chi connectivity index (χ3v) is 2.10. The van der Waals surface area contributed by atoms with Crippen LogP contribution in [-0.4, -0.2) is 66.6 Å². The number of hydrogen-bond acceptors (Lipinski definition) is 5. The van der Waals surface area contributed by atoms with Crippen LogP contribution in [0.15, 0.2) is 12.2 Å². The van der Waals surface area contributed by atoms with Crippen LogP contribution in [0.1, 0.15) is 6.92 Å². The molecule has 5 nitrogen and oxygen atoms in total. The highest BCUT2D eigenvalue weighted by atomic mass is 16.5. The predicted molar refractivity (Wildman–Crippen MR) is 77.7 cm³/mol. The first-order valence-corrected chi connectivity index (χ1v) is 6.77. The van der Waals surface area contributed by atoms with E-state index in [-0.39, 0.29) is 0 Å². The molecule has 0 aromatic heterocycles. The van der Waals surface area contributed by atoms with Gasteiger partial charge in [-0.3, -0.25) is 0 Å². The Bertz CT molecular complexity index is 280. The van der Waals surface area contributed by atoms with Crippen molar-refractivity contribution in [1.82, 2.24) is 0 Å². The molecule has 0 N–H and O–H groups in total. The highest BCUT2D eigenvalue weighted by Gasteiger charge is 1.92. The molecule has 0 fully saturated rings. The van der Waals surface area contributed by atoms with Crippen LogP contribution < -0.4 is 0 Å². The molecule has 0 aromatic carbocycles. The van der Waals surface area contributed by atoms with Gasteiger partial charge < -0.3 is 23.7 Å². The van der Waals surface area contributed by atoms with Crippen LogP contribution in [0.2, 0.25) is 0 Å². The minimum atomic E-state index is 0.378. The molecule has 0 amide bonds. The third-order valence-electron chi connectivity index (χ3n) is 2.10. The zero-order valence-corrected chi connectivity index (χ0v) is 12.6. The van der Waals surface area contributed by atoms with Gasteiger partial charge in [0.2, 0.25) is 0 Å². The van der Waals surface area contributed by atoms with E-state index in [2.05, 4.69) is 18.4 Å². The quantitative estimate of drug-likeness (QED) is 0.377. The van der Waals surface area contributed by atoms with E-state index < -0.39 is 0 Å². The molecule has 0 spiro atoms. The van der Waals surface area contributed by atoms with E-state index in [1.807, 2.05) is 6.92 Å². The Balaban J connectivity index is 3.30. The van der Waals surface area contributed by atoms with Gasteiger partial charge in [0.25, 0.3) is 0 Å². The summed E-state index contributed by atoms with van der Waals surface area (Å²) < 4.78 is 25.9. The average molecular weight is 286 g/mol. The first-order valence-electron chi connectivity index (χ1n) is 6.77. The number of rotatable bonds is 13. The van der Waals surface area contributed by atoms with E-state index in [4.69, 9.17) is 23.7 Å². The van der Waals surface area contributed by atoms with E-state index >= 15 is 0 Å². The normalized spacial score (nSPS) is 10.1. The Morgan fingerprint density at radius 2 is 1.55 bits per heavy atom. The van der Waals surface area contributed by atoms with E-state index in [9.17, 15) is 0 Å². The Labute approximate surface area is 122 Å². The standard InChI is InChI=1S/C15H26O5/c1-4-17-10-11-19-12-13-20-14-15(2)6-5-7-18-9-8-16-3/h2,4,7-14H2,1,3H3. The molecule has 0 radical (unpaired) electrons. The summed E-state index contributed by atoms with van der Waals surface area (Å²) in [6, 6.07) is 0. The molecule has 0 aliphatic heterocycles. The van der Waals surface area contributed by atoms with Crippen molar-refractivity contribution in [2.24, 2.45) is 0 Å². The van der Waals surface area contributed by atoms with Crippen LogP contribution in [0.5, 0.6) is 0 Å². The lowest BCUT2D eigenvalue weighted by Crippen LogP contribution is -2.10. The first kappa shape index (κ1) is 19.1. The van der Waals surface area contributed by atoms with Gasteiger partial charge >= 0.3 is 0 Å². The maximum absolute atomic E-state index is 5.37. The summed E-state index contributed by atoms with van der Waals surface area (Å²) in [4.78, 5) is 0. The summed E-state index contributed by atoms with van der Waals surface area (Å²) in [7, 11) is 1.63. The SMILES string of the molecule is C=C(C#CCOCCOC)COCCOCCOCC. The first-order chi connectivity index (χ1) is 9.81. The Morgan fingerprint density at radius 3 is 2.25 bits per heavy atom. The molecule has 0 unspecified atom stereocenters. The molecule has 0 bridgehead atoms. The van der Waals surface area contributed by atoms with E-state index in [0.717, 1.165) is 5.57 Å². The number of methoxy groups -OCH3 is 1. The van der Waals surface area contributed by atoms with Gasteiger partial charge in [-0.15, -0.1) is 0 Å². The summed E-state index contributed by atoms with van der Waals surface area (Å²) >= 11 is 0. The van der Waals surface area contributed by atoms with Crippen molar-refractivity contribution >= 4 is 0 Å². The molecular weight excluding hydrogens is 260 g/mol. The third kappa shape index (κ3) is 15.2. The predicted octanol–water partition coefficient (Wildman–Crippen LogP) is 1.28. The second-order valence-electron chi connectivity index (χ2n) is 3.81. The van der Waals surface area contributed by atoms with Gasteiger partial charge in [0.15, 0.2) is 0 Å². The molecule has 0 saturated heterocycles. The van der Waals surface area contributed by atoms with Crippen molar-refractivity contribution < 1.29 is 23.7 Å². The van der Waals surface area contributed by atoms with Crippen LogP contribution >= 0.6 is 0 Å². The van der Waals surface area contributed by atoms with Gasteiger partial charge in [-0.2, -0.15) is 0 Å². The lowest BCUT2D eigenvalue weighted by Gasteiger charge is -2.05. The smallest absolute Gasteiger partial charge is 0.108 e. The lowest BCUT2D eigenvalue weighted by atomic mass is 10.3. The van der Waals surface area contributed by atoms with Crippen LogP contribution in [0, 0.1) is 11.8 Å². The van der Waals surface area contributed by atoms with E-state index in [1.54, 1.807) is 7.11 Å². The van der Waals surface area contributed by atoms with Crippen LogP contribution in [0.3, 0.4) is 0 Å². The molecule has 0 aliphatic carbocycles. The van der Waals surface area contributed by atoms with Crippen LogP contribution in [0.25, 0.3) is 0 Å². The summed E-state index contributed by atoms with van der Waals surface area (Å²) in [5.74, 6) is 5.75. The van der Waals surface area contributed by atoms with E-state index in [1.165, 1.54) is 0 Å². The maximum atomic E-state index is 5.37. The van der Waals surface area contributed by atoms with Gasteiger partial charge in [0.1, 0.15) is 6.61 Å². The van der Waals surface area contributed by atoms with Crippen LogP contribution in [-0.2, 0) is 23.7 Å². The van der Waals surface area contributed by atoms with Crippen molar-refractivity contribution in [2.75, 3.05) is 66.6 Å². The Morgan fingerprint density at radius 1 is 0.900 bits per heavy atom. The fourth-order valence-corrected chi connectivity index (χ4v) is 1.14. The molecule has 0 aromatic rings. The highest BCUT2D eigenvalue weighted by molar-refractivity contribution is 5.25. The second kappa shape index (κ2) is 16.2. The fourth-order valence-electron chi connectivity index (χ4n) is 1.14. The summed E-state index contributed by atoms with van der Waals surface area (Å²) in [6.07, 6.45) is 0. The molecule has 20 heavy (non-hydrogen) atoms. The van der Waals surface area contributed by atoms with Gasteiger partial charge in [-0.25, -0.2) is 0 Å². The largest absolute Gasteiger partial charge is 0.382 e. The molecule has 0 saturated carbocycles. The summed E-state index contributed by atoms with van der Waals surface area (Å²) in [5, 5.41) is 0. The molecule has 0 heterocycles. The number of hydrogen-bond donors (Lipinski definition) is 0. The number of ether oxygens (including phenoxy) is 5. The molecule has 0 aliphatic rings. The monoisotopic (exact) mass is 286 g/mol. The minimum Gasteiger partial charge on any atom is -0.382 e. The summed E-state index contributed by atoms with van der Waals surface area (Å²) in [6.45, 7) is 10.7. The van der Waals surface area contributed by atoms with Gasteiger partial charge in [-0.1, -0.05) is 18.4 Å². The van der Waals surface area contributed by atoms with Crippen molar-refractivity contribution in [1.29, 1.82) is 0 Å². The lowest BCUT2D eigenvalue weighted by molar-refractivity contribution is 0.0216. The zero-order valence-electron chi connectivity index (χ0n) is 12.6. The van der Waals surface area contributed by atoms with Crippen molar-refractivity contribution in [2.45, 2.75) is 6.92 Å². The molecule has 116 valence electrons. The van der Waals surface area contributed by atoms with Gasteiger partial charge in [0, 0.05) is 19.3 Å². The highest BCUT2D eigenvalue weighted by Crippen LogP contribution is 1.89. The Kier molecular flexibility index (Phi) is 15.4. The summed E-state index contributed by atoms with van der Waals surface area (Å²) in [5.41, 5.74) is 0.731. The fraction of sp³-hybridized carbons (Fsp3) is 0.733.